The van der Waals surface area contributed by atoms with Gasteiger partial charge in [0, 0.05) is 5.41 Å². The minimum absolute atomic E-state index is 0.271. The largest absolute Gasteiger partial charge is 0.494 e. The molecule has 1 aliphatic heterocycles. The van der Waals surface area contributed by atoms with Crippen LogP contribution in [0.25, 0.3) is 0 Å². The lowest BCUT2D eigenvalue weighted by molar-refractivity contribution is -0.119. The highest BCUT2D eigenvalue weighted by atomic mass is 32.2. The second kappa shape index (κ2) is 10.2. The maximum atomic E-state index is 12.0. The van der Waals surface area contributed by atoms with E-state index in [1.807, 2.05) is 42.5 Å². The Morgan fingerprint density at radius 3 is 1.60 bits per heavy atom. The zero-order chi connectivity index (χ0) is 24.1. The number of thioether (sulfide) groups is 1. The van der Waals surface area contributed by atoms with Crippen molar-refractivity contribution in [3.8, 4) is 5.75 Å². The van der Waals surface area contributed by atoms with Crippen molar-refractivity contribution < 1.29 is 14.3 Å². The van der Waals surface area contributed by atoms with Crippen molar-refractivity contribution >= 4 is 22.9 Å². The number of amides is 2. The van der Waals surface area contributed by atoms with E-state index in [4.69, 9.17) is 4.74 Å². The van der Waals surface area contributed by atoms with E-state index in [9.17, 15) is 9.59 Å². The average molecular weight is 480 g/mol. The third-order valence-corrected chi connectivity index (χ3v) is 7.45. The van der Waals surface area contributed by atoms with Gasteiger partial charge in [-0.15, -0.1) is 0 Å². The summed E-state index contributed by atoms with van der Waals surface area (Å²) in [7, 11) is 0. The first-order valence-corrected chi connectivity index (χ1v) is 12.5. The Morgan fingerprint density at radius 2 is 1.17 bits per heavy atom. The normalized spacial score (nSPS) is 15.6. The van der Waals surface area contributed by atoms with Crippen LogP contribution in [0.3, 0.4) is 0 Å². The quantitative estimate of drug-likeness (QED) is 0.293. The van der Waals surface area contributed by atoms with Crippen molar-refractivity contribution in [2.75, 3.05) is 6.61 Å². The minimum Gasteiger partial charge on any atom is -0.494 e. The number of rotatable bonds is 8. The molecule has 0 radical (unpaired) electrons. The first-order valence-electron chi connectivity index (χ1n) is 11.6. The fourth-order valence-electron chi connectivity index (χ4n) is 4.74. The van der Waals surface area contributed by atoms with Crippen molar-refractivity contribution in [3.05, 3.63) is 138 Å². The summed E-state index contributed by atoms with van der Waals surface area (Å²) in [5.41, 5.74) is 4.06. The van der Waals surface area contributed by atoms with E-state index in [2.05, 4.69) is 78.1 Å². The lowest BCUT2D eigenvalue weighted by atomic mass is 9.67. The molecule has 1 N–H and O–H groups in total. The van der Waals surface area contributed by atoms with Gasteiger partial charge in [-0.3, -0.25) is 14.9 Å². The van der Waals surface area contributed by atoms with E-state index in [1.165, 1.54) is 16.7 Å². The molecule has 2 amide bonds. The van der Waals surface area contributed by atoms with Gasteiger partial charge in [-0.1, -0.05) is 103 Å². The molecule has 5 rings (SSSR count). The second-order valence-corrected chi connectivity index (χ2v) is 9.52. The standard InChI is InChI=1S/C30H25NO3S/c32-28-27(35-29(33)31-28)22-16-18-26(19-17-22)34-21-20-30(23-10-4-1-5-11-23,24-12-6-2-7-13-24)25-14-8-3-9-15-25/h1-19,27H,20-21H2,(H,31,32,33). The number of nitrogens with one attached hydrogen (secondary N) is 1. The molecule has 0 aliphatic carbocycles. The van der Waals surface area contributed by atoms with Gasteiger partial charge in [0.2, 0.25) is 5.91 Å². The number of carbonyl (C=O) groups excluding carboxylic acids is 2. The van der Waals surface area contributed by atoms with Crippen LogP contribution in [0.4, 0.5) is 4.79 Å². The molecule has 1 heterocycles. The van der Waals surface area contributed by atoms with Crippen LogP contribution < -0.4 is 10.1 Å². The molecule has 1 unspecified atom stereocenters. The first-order chi connectivity index (χ1) is 17.2. The fourth-order valence-corrected chi connectivity index (χ4v) is 5.57. The number of ether oxygens (including phenoxy) is 1. The molecule has 1 aliphatic rings. The molecule has 4 nitrogen and oxygen atoms in total. The minimum atomic E-state index is -0.501. The van der Waals surface area contributed by atoms with Crippen LogP contribution in [0.2, 0.25) is 0 Å². The van der Waals surface area contributed by atoms with Crippen molar-refractivity contribution in [1.29, 1.82) is 0 Å². The van der Waals surface area contributed by atoms with Crippen LogP contribution in [-0.2, 0) is 10.2 Å². The summed E-state index contributed by atoms with van der Waals surface area (Å²) < 4.78 is 6.22. The zero-order valence-electron chi connectivity index (χ0n) is 19.1. The Morgan fingerprint density at radius 1 is 0.686 bits per heavy atom. The molecule has 4 aromatic rings. The molecule has 174 valence electrons. The van der Waals surface area contributed by atoms with Gasteiger partial charge in [-0.2, -0.15) is 0 Å². The maximum Gasteiger partial charge on any atom is 0.286 e. The molecule has 0 spiro atoms. The van der Waals surface area contributed by atoms with E-state index in [0.717, 1.165) is 29.5 Å². The fraction of sp³-hybridized carbons (Fsp3) is 0.133. The van der Waals surface area contributed by atoms with Gasteiger partial charge in [0.25, 0.3) is 5.24 Å². The average Bonchev–Trinajstić information content (AvgIpc) is 3.26. The van der Waals surface area contributed by atoms with Crippen molar-refractivity contribution in [1.82, 2.24) is 5.32 Å². The molecule has 1 atom stereocenters. The predicted molar refractivity (Wildman–Crippen MR) is 140 cm³/mol. The van der Waals surface area contributed by atoms with Crippen molar-refractivity contribution in [3.63, 3.8) is 0 Å². The van der Waals surface area contributed by atoms with Gasteiger partial charge < -0.3 is 4.74 Å². The van der Waals surface area contributed by atoms with Gasteiger partial charge in [-0.25, -0.2) is 0 Å². The van der Waals surface area contributed by atoms with Crippen LogP contribution in [-0.4, -0.2) is 17.8 Å². The lowest BCUT2D eigenvalue weighted by Gasteiger charge is -2.36. The van der Waals surface area contributed by atoms with Gasteiger partial charge >= 0.3 is 0 Å². The summed E-state index contributed by atoms with van der Waals surface area (Å²) in [5, 5.41) is 1.52. The summed E-state index contributed by atoms with van der Waals surface area (Å²) in [6.45, 7) is 0.495. The summed E-state index contributed by atoms with van der Waals surface area (Å²) in [4.78, 5) is 23.5. The van der Waals surface area contributed by atoms with Crippen molar-refractivity contribution in [2.45, 2.75) is 17.1 Å². The van der Waals surface area contributed by atoms with Crippen LogP contribution in [0, 0.1) is 0 Å². The topological polar surface area (TPSA) is 55.4 Å². The maximum absolute atomic E-state index is 12.0. The molecule has 1 saturated heterocycles. The summed E-state index contributed by atoms with van der Waals surface area (Å²) in [6.07, 6.45) is 0.738. The van der Waals surface area contributed by atoms with Crippen molar-refractivity contribution in [2.24, 2.45) is 0 Å². The Labute approximate surface area is 209 Å². The number of imide groups is 1. The number of hydrogen-bond donors (Lipinski definition) is 1. The SMILES string of the molecule is O=C1NC(=O)C(c2ccc(OCCC(c3ccccc3)(c3ccccc3)c3ccccc3)cc2)S1. The molecular weight excluding hydrogens is 454 g/mol. The van der Waals surface area contributed by atoms with Crippen LogP contribution in [0.15, 0.2) is 115 Å². The predicted octanol–water partition coefficient (Wildman–Crippen LogP) is 6.51. The highest BCUT2D eigenvalue weighted by Gasteiger charge is 2.36. The highest BCUT2D eigenvalue weighted by molar-refractivity contribution is 8.15. The van der Waals surface area contributed by atoms with Crippen LogP contribution in [0.5, 0.6) is 5.75 Å². The monoisotopic (exact) mass is 479 g/mol. The summed E-state index contributed by atoms with van der Waals surface area (Å²) in [6, 6.07) is 39.1. The molecule has 0 aromatic heterocycles. The Bertz CT molecular complexity index is 1200. The third-order valence-electron chi connectivity index (χ3n) is 6.42. The summed E-state index contributed by atoms with van der Waals surface area (Å²) in [5.74, 6) is 0.457. The zero-order valence-corrected chi connectivity index (χ0v) is 19.9. The molecule has 35 heavy (non-hydrogen) atoms. The Balaban J connectivity index is 1.42. The van der Waals surface area contributed by atoms with E-state index in [0.29, 0.717) is 6.61 Å². The molecule has 0 saturated carbocycles. The molecular formula is C30H25NO3S. The van der Waals surface area contributed by atoms with Gasteiger partial charge in [0.05, 0.1) is 6.61 Å². The van der Waals surface area contributed by atoms with Gasteiger partial charge in [0.15, 0.2) is 0 Å². The van der Waals surface area contributed by atoms with Gasteiger partial charge in [0.1, 0.15) is 11.0 Å². The second-order valence-electron chi connectivity index (χ2n) is 8.45. The van der Waals surface area contributed by atoms with Crippen LogP contribution in [0.1, 0.15) is 33.9 Å². The van der Waals surface area contributed by atoms with E-state index >= 15 is 0 Å². The first kappa shape index (κ1) is 22.9. The van der Waals surface area contributed by atoms with Gasteiger partial charge in [-0.05, 0) is 52.6 Å². The molecule has 4 aromatic carbocycles. The van der Waals surface area contributed by atoms with Crippen LogP contribution >= 0.6 is 11.8 Å². The third kappa shape index (κ3) is 4.73. The Hall–Kier alpha value is -3.83. The van der Waals surface area contributed by atoms with E-state index < -0.39 is 5.25 Å². The van der Waals surface area contributed by atoms with E-state index in [1.54, 1.807) is 0 Å². The lowest BCUT2D eigenvalue weighted by Crippen LogP contribution is -2.31. The molecule has 0 bridgehead atoms. The number of hydrogen-bond acceptors (Lipinski definition) is 4. The summed E-state index contributed by atoms with van der Waals surface area (Å²) >= 11 is 1.01. The smallest absolute Gasteiger partial charge is 0.286 e. The molecule has 1 fully saturated rings. The van der Waals surface area contributed by atoms with E-state index in [-0.39, 0.29) is 16.6 Å². The highest BCUT2D eigenvalue weighted by Crippen LogP contribution is 2.42. The Kier molecular flexibility index (Phi) is 6.68. The number of benzene rings is 4. The number of carbonyl (C=O) groups is 2. The molecule has 5 heteroatoms.